The number of nitrogens with zero attached hydrogens (tertiary/aromatic N) is 3. The summed E-state index contributed by atoms with van der Waals surface area (Å²) in [6, 6.07) is 0. The highest BCUT2D eigenvalue weighted by Gasteiger charge is 2.21. The van der Waals surface area contributed by atoms with Gasteiger partial charge in [0.2, 0.25) is 0 Å². The summed E-state index contributed by atoms with van der Waals surface area (Å²) in [4.78, 5) is 9.39. The van der Waals surface area contributed by atoms with Crippen LogP contribution in [0.4, 0.5) is 0 Å². The maximum absolute atomic E-state index is 11.2. The average molecular weight is 346 g/mol. The number of sulfone groups is 1. The molecule has 0 spiro atoms. The molecule has 1 fully saturated rings. The Morgan fingerprint density at radius 3 is 2.27 bits per heavy atom. The average Bonchev–Trinajstić information content (AvgIpc) is 2.85. The van der Waals surface area contributed by atoms with Gasteiger partial charge in [0.15, 0.2) is 0 Å². The Balaban J connectivity index is 1.79. The van der Waals surface area contributed by atoms with E-state index in [9.17, 15) is 8.42 Å². The van der Waals surface area contributed by atoms with E-state index in [4.69, 9.17) is 4.98 Å². The van der Waals surface area contributed by atoms with Crippen LogP contribution in [0, 0.1) is 0 Å². The molecule has 1 aromatic heterocycles. The molecule has 7 heteroatoms. The van der Waals surface area contributed by atoms with E-state index in [-0.39, 0.29) is 11.2 Å². The summed E-state index contributed by atoms with van der Waals surface area (Å²) >= 11 is 1.74. The molecule has 0 N–H and O–H groups in total. The first kappa shape index (κ1) is 17.8. The molecule has 2 heterocycles. The molecule has 0 atom stereocenters. The summed E-state index contributed by atoms with van der Waals surface area (Å²) in [5, 5.41) is 3.34. The number of hydrogen-bond acceptors (Lipinski definition) is 6. The molecule has 1 aliphatic heterocycles. The molecule has 0 radical (unpaired) electrons. The lowest BCUT2D eigenvalue weighted by Crippen LogP contribution is -2.47. The van der Waals surface area contributed by atoms with Gasteiger partial charge in [0.25, 0.3) is 0 Å². The third-order valence-electron chi connectivity index (χ3n) is 3.92. The van der Waals surface area contributed by atoms with E-state index < -0.39 is 9.84 Å². The fourth-order valence-electron chi connectivity index (χ4n) is 2.39. The first-order valence-corrected chi connectivity index (χ1v) is 10.6. The van der Waals surface area contributed by atoms with Gasteiger partial charge in [0.1, 0.15) is 14.8 Å². The highest BCUT2D eigenvalue weighted by molar-refractivity contribution is 7.90. The molecule has 0 amide bonds. The first-order chi connectivity index (χ1) is 10.1. The van der Waals surface area contributed by atoms with Crippen LogP contribution in [0.5, 0.6) is 0 Å². The zero-order chi connectivity index (χ0) is 16.4. The van der Waals surface area contributed by atoms with Gasteiger partial charge < -0.3 is 0 Å². The van der Waals surface area contributed by atoms with E-state index in [1.807, 2.05) is 0 Å². The third kappa shape index (κ3) is 5.61. The van der Waals surface area contributed by atoms with Gasteiger partial charge in [0.05, 0.1) is 18.0 Å². The van der Waals surface area contributed by atoms with E-state index in [0.717, 1.165) is 32.7 Å². The molecule has 0 saturated carbocycles. The van der Waals surface area contributed by atoms with Crippen molar-refractivity contribution in [1.82, 2.24) is 14.8 Å². The largest absolute Gasteiger partial charge is 0.300 e. The summed E-state index contributed by atoms with van der Waals surface area (Å²) in [6.07, 6.45) is 1.30. The Hall–Kier alpha value is -0.500. The predicted octanol–water partition coefficient (Wildman–Crippen LogP) is 1.60. The Morgan fingerprint density at radius 2 is 1.77 bits per heavy atom. The number of hydrogen-bond donors (Lipinski definition) is 0. The van der Waals surface area contributed by atoms with Crippen molar-refractivity contribution < 1.29 is 8.42 Å². The fraction of sp³-hybridized carbons (Fsp3) is 0.800. The second-order valence-electron chi connectivity index (χ2n) is 7.12. The van der Waals surface area contributed by atoms with Crippen LogP contribution < -0.4 is 0 Å². The summed E-state index contributed by atoms with van der Waals surface area (Å²) in [7, 11) is -2.86. The molecule has 5 nitrogen and oxygen atoms in total. The quantitative estimate of drug-likeness (QED) is 0.811. The minimum absolute atomic E-state index is 0.110. The van der Waals surface area contributed by atoms with Crippen LogP contribution in [0.25, 0.3) is 0 Å². The first-order valence-electron chi connectivity index (χ1n) is 7.71. The maximum Gasteiger partial charge on any atom is 0.148 e. The smallest absolute Gasteiger partial charge is 0.148 e. The van der Waals surface area contributed by atoms with Crippen molar-refractivity contribution in [2.24, 2.45) is 0 Å². The summed E-state index contributed by atoms with van der Waals surface area (Å²) < 4.78 is 22.4. The van der Waals surface area contributed by atoms with Crippen molar-refractivity contribution in [2.75, 3.05) is 44.7 Å². The van der Waals surface area contributed by atoms with E-state index in [1.54, 1.807) is 11.3 Å². The molecule has 22 heavy (non-hydrogen) atoms. The molecule has 0 unspecified atom stereocenters. The molecule has 2 rings (SSSR count). The SMILES string of the molecule is CC(C)(C)c1csc(CN2CCN(CCS(C)(=O)=O)CC2)n1. The zero-order valence-electron chi connectivity index (χ0n) is 14.0. The van der Waals surface area contributed by atoms with Gasteiger partial charge in [-0.2, -0.15) is 0 Å². The van der Waals surface area contributed by atoms with Crippen LogP contribution in [-0.2, 0) is 21.8 Å². The topological polar surface area (TPSA) is 53.5 Å². The van der Waals surface area contributed by atoms with Gasteiger partial charge >= 0.3 is 0 Å². The van der Waals surface area contributed by atoms with Crippen LogP contribution >= 0.6 is 11.3 Å². The van der Waals surface area contributed by atoms with Crippen molar-refractivity contribution >= 4 is 21.2 Å². The van der Waals surface area contributed by atoms with Gasteiger partial charge in [-0.15, -0.1) is 11.3 Å². The van der Waals surface area contributed by atoms with Gasteiger partial charge in [-0.1, -0.05) is 20.8 Å². The zero-order valence-corrected chi connectivity index (χ0v) is 15.6. The Kier molecular flexibility index (Phi) is 5.63. The molecule has 0 bridgehead atoms. The lowest BCUT2D eigenvalue weighted by Gasteiger charge is -2.34. The van der Waals surface area contributed by atoms with Gasteiger partial charge in [-0.3, -0.25) is 9.80 Å². The molecule has 0 aromatic carbocycles. The lowest BCUT2D eigenvalue weighted by molar-refractivity contribution is 0.132. The van der Waals surface area contributed by atoms with Crippen molar-refractivity contribution in [3.8, 4) is 0 Å². The van der Waals surface area contributed by atoms with Crippen molar-refractivity contribution in [2.45, 2.75) is 32.7 Å². The molecule has 1 aromatic rings. The molecule has 126 valence electrons. The molecule has 1 aliphatic rings. The van der Waals surface area contributed by atoms with Gasteiger partial charge in [0, 0.05) is 49.8 Å². The van der Waals surface area contributed by atoms with E-state index >= 15 is 0 Å². The van der Waals surface area contributed by atoms with E-state index in [2.05, 4.69) is 36.0 Å². The molecule has 1 saturated heterocycles. The maximum atomic E-state index is 11.2. The van der Waals surface area contributed by atoms with Crippen molar-refractivity contribution in [3.63, 3.8) is 0 Å². The summed E-state index contributed by atoms with van der Waals surface area (Å²) in [5.74, 6) is 0.258. The Morgan fingerprint density at radius 1 is 1.18 bits per heavy atom. The second-order valence-corrected chi connectivity index (χ2v) is 10.3. The van der Waals surface area contributed by atoms with Crippen LogP contribution in [0.1, 0.15) is 31.5 Å². The van der Waals surface area contributed by atoms with Crippen LogP contribution in [-0.4, -0.2) is 67.9 Å². The molecular weight excluding hydrogens is 318 g/mol. The molecular formula is C15H27N3O2S2. The lowest BCUT2D eigenvalue weighted by atomic mass is 9.93. The Bertz CT molecular complexity index is 582. The minimum Gasteiger partial charge on any atom is -0.300 e. The number of aromatic nitrogens is 1. The highest BCUT2D eigenvalue weighted by atomic mass is 32.2. The fourth-order valence-corrected chi connectivity index (χ4v) is 4.04. The van der Waals surface area contributed by atoms with Crippen LogP contribution in [0.2, 0.25) is 0 Å². The minimum atomic E-state index is -2.86. The molecule has 0 aliphatic carbocycles. The van der Waals surface area contributed by atoms with Crippen LogP contribution in [0.15, 0.2) is 5.38 Å². The Labute approximate surface area is 138 Å². The van der Waals surface area contributed by atoms with Gasteiger partial charge in [-0.25, -0.2) is 13.4 Å². The monoisotopic (exact) mass is 345 g/mol. The second kappa shape index (κ2) is 6.95. The standard InChI is InChI=1S/C15H27N3O2S2/c1-15(2,3)13-12-21-14(16-13)11-18-7-5-17(6-8-18)9-10-22(4,19)20/h12H,5-11H2,1-4H3. The summed E-state index contributed by atoms with van der Waals surface area (Å²) in [5.41, 5.74) is 1.28. The van der Waals surface area contributed by atoms with Crippen LogP contribution in [0.3, 0.4) is 0 Å². The van der Waals surface area contributed by atoms with Crippen molar-refractivity contribution in [1.29, 1.82) is 0 Å². The number of piperazine rings is 1. The van der Waals surface area contributed by atoms with Gasteiger partial charge in [-0.05, 0) is 0 Å². The van der Waals surface area contributed by atoms with Crippen molar-refractivity contribution in [3.05, 3.63) is 16.1 Å². The summed E-state index contributed by atoms with van der Waals surface area (Å²) in [6.45, 7) is 12.0. The van der Waals surface area contributed by atoms with E-state index in [1.165, 1.54) is 17.0 Å². The predicted molar refractivity (Wildman–Crippen MR) is 92.2 cm³/mol. The van der Waals surface area contributed by atoms with E-state index in [0.29, 0.717) is 6.54 Å². The number of rotatable bonds is 5. The highest BCUT2D eigenvalue weighted by Crippen LogP contribution is 2.24. The number of thiazole rings is 1. The third-order valence-corrected chi connectivity index (χ3v) is 5.68. The normalized spacial score (nSPS) is 18.7.